The lowest BCUT2D eigenvalue weighted by Crippen LogP contribution is -2.26. The number of hydrogen-bond donors (Lipinski definition) is 3. The van der Waals surface area contributed by atoms with E-state index in [0.29, 0.717) is 5.56 Å². The second-order valence-corrected chi connectivity index (χ2v) is 6.62. The molecule has 0 saturated heterocycles. The van der Waals surface area contributed by atoms with Gasteiger partial charge in [-0.2, -0.15) is 5.10 Å². The highest BCUT2D eigenvalue weighted by Crippen LogP contribution is 2.26. The number of aryl methyl sites for hydroxylation is 1. The molecule has 0 radical (unpaired) electrons. The summed E-state index contributed by atoms with van der Waals surface area (Å²) in [6.45, 7) is 0. The van der Waals surface area contributed by atoms with Crippen LogP contribution in [0.2, 0.25) is 0 Å². The molecule has 0 unspecified atom stereocenters. The molecule has 3 rings (SSSR count). The third kappa shape index (κ3) is 2.99. The van der Waals surface area contributed by atoms with Gasteiger partial charge in [-0.3, -0.25) is 19.2 Å². The molecule has 0 aliphatic rings. The van der Waals surface area contributed by atoms with Crippen LogP contribution in [0.15, 0.2) is 57.2 Å². The summed E-state index contributed by atoms with van der Waals surface area (Å²) < 4.78 is 28.8. The van der Waals surface area contributed by atoms with Crippen LogP contribution in [0.1, 0.15) is 0 Å². The fraction of sp³-hybridized carbons (Fsp3) is 0.0714. The van der Waals surface area contributed by atoms with Crippen molar-refractivity contribution in [3.63, 3.8) is 0 Å². The van der Waals surface area contributed by atoms with Crippen LogP contribution in [-0.4, -0.2) is 28.2 Å². The Hall–Kier alpha value is -3.14. The van der Waals surface area contributed by atoms with E-state index < -0.39 is 21.3 Å². The number of nitrogens with one attached hydrogen (secondary N) is 3. The molecule has 2 heterocycles. The minimum atomic E-state index is -4.08. The number of nitrogens with zero attached hydrogens (tertiary/aromatic N) is 2. The van der Waals surface area contributed by atoms with Gasteiger partial charge >= 0.3 is 5.69 Å². The molecule has 0 bridgehead atoms. The van der Waals surface area contributed by atoms with Crippen molar-refractivity contribution >= 4 is 15.7 Å². The summed E-state index contributed by atoms with van der Waals surface area (Å²) >= 11 is 0. The minimum Gasteiger partial charge on any atom is -0.312 e. The van der Waals surface area contributed by atoms with Crippen molar-refractivity contribution in [3.05, 3.63) is 63.6 Å². The molecule has 124 valence electrons. The Balaban J connectivity index is 2.08. The van der Waals surface area contributed by atoms with Crippen LogP contribution < -0.4 is 16.0 Å². The van der Waals surface area contributed by atoms with Crippen molar-refractivity contribution in [2.75, 3.05) is 4.72 Å². The molecule has 24 heavy (non-hydrogen) atoms. The van der Waals surface area contributed by atoms with Gasteiger partial charge < -0.3 is 4.98 Å². The molecular formula is C14H13N5O4S. The fourth-order valence-corrected chi connectivity index (χ4v) is 3.40. The Kier molecular flexibility index (Phi) is 3.81. The Morgan fingerprint density at radius 1 is 1.17 bits per heavy atom. The Bertz CT molecular complexity index is 1100. The van der Waals surface area contributed by atoms with Gasteiger partial charge in [0, 0.05) is 25.0 Å². The highest BCUT2D eigenvalue weighted by Gasteiger charge is 2.24. The lowest BCUT2D eigenvalue weighted by Gasteiger charge is -2.07. The lowest BCUT2D eigenvalue weighted by atomic mass is 10.2. The van der Waals surface area contributed by atoms with Crippen LogP contribution >= 0.6 is 0 Å². The summed E-state index contributed by atoms with van der Waals surface area (Å²) in [4.78, 5) is 26.8. The van der Waals surface area contributed by atoms with E-state index >= 15 is 0 Å². The summed E-state index contributed by atoms with van der Waals surface area (Å²) in [5.41, 5.74) is -0.987. The first-order chi connectivity index (χ1) is 11.4. The van der Waals surface area contributed by atoms with Crippen molar-refractivity contribution in [1.82, 2.24) is 19.7 Å². The van der Waals surface area contributed by atoms with Crippen molar-refractivity contribution in [2.24, 2.45) is 7.05 Å². The maximum absolute atomic E-state index is 12.6. The molecular weight excluding hydrogens is 334 g/mol. The third-order valence-corrected chi connectivity index (χ3v) is 4.56. The van der Waals surface area contributed by atoms with E-state index in [-0.39, 0.29) is 16.3 Å². The summed E-state index contributed by atoms with van der Waals surface area (Å²) in [6, 6.07) is 8.79. The molecule has 3 N–H and O–H groups in total. The predicted molar refractivity (Wildman–Crippen MR) is 87.1 cm³/mol. The number of anilines is 1. The van der Waals surface area contributed by atoms with Crippen LogP contribution in [0.3, 0.4) is 0 Å². The molecule has 0 aliphatic carbocycles. The molecule has 1 aromatic carbocycles. The molecule has 0 amide bonds. The number of hydrogen-bond acceptors (Lipinski definition) is 5. The molecule has 10 heteroatoms. The zero-order valence-electron chi connectivity index (χ0n) is 12.5. The zero-order chi connectivity index (χ0) is 17.3. The van der Waals surface area contributed by atoms with Gasteiger partial charge in [0.25, 0.3) is 15.6 Å². The second kappa shape index (κ2) is 5.81. The first-order valence-corrected chi connectivity index (χ1v) is 8.29. The van der Waals surface area contributed by atoms with Crippen molar-refractivity contribution < 1.29 is 8.42 Å². The maximum atomic E-state index is 12.6. The van der Waals surface area contributed by atoms with Gasteiger partial charge in [-0.05, 0) is 0 Å². The van der Waals surface area contributed by atoms with Crippen LogP contribution in [0.5, 0.6) is 0 Å². The van der Waals surface area contributed by atoms with E-state index in [1.54, 1.807) is 37.4 Å². The number of H-pyrrole nitrogens is 2. The van der Waals surface area contributed by atoms with Gasteiger partial charge in [-0.1, -0.05) is 30.3 Å². The van der Waals surface area contributed by atoms with Gasteiger partial charge in [0.1, 0.15) is 16.3 Å². The molecule has 0 atom stereocenters. The van der Waals surface area contributed by atoms with E-state index in [0.717, 1.165) is 6.20 Å². The van der Waals surface area contributed by atoms with Crippen molar-refractivity contribution in [3.8, 4) is 11.3 Å². The first kappa shape index (κ1) is 15.7. The molecule has 3 aromatic rings. The topological polar surface area (TPSA) is 130 Å². The maximum Gasteiger partial charge on any atom is 0.325 e. The van der Waals surface area contributed by atoms with Crippen molar-refractivity contribution in [1.29, 1.82) is 0 Å². The fourth-order valence-electron chi connectivity index (χ4n) is 2.14. The highest BCUT2D eigenvalue weighted by atomic mass is 32.2. The van der Waals surface area contributed by atoms with Gasteiger partial charge in [0.15, 0.2) is 0 Å². The van der Waals surface area contributed by atoms with Crippen LogP contribution in [0, 0.1) is 0 Å². The highest BCUT2D eigenvalue weighted by molar-refractivity contribution is 7.92. The van der Waals surface area contributed by atoms with Gasteiger partial charge in [-0.25, -0.2) is 13.2 Å². The largest absolute Gasteiger partial charge is 0.325 e. The molecule has 0 aliphatic heterocycles. The van der Waals surface area contributed by atoms with E-state index in [1.807, 2.05) is 4.98 Å². The molecule has 9 nitrogen and oxygen atoms in total. The quantitative estimate of drug-likeness (QED) is 0.623. The Labute approximate surface area is 136 Å². The number of benzene rings is 1. The third-order valence-electron chi connectivity index (χ3n) is 3.20. The second-order valence-electron chi connectivity index (χ2n) is 4.97. The Morgan fingerprint density at radius 2 is 1.88 bits per heavy atom. The van der Waals surface area contributed by atoms with Gasteiger partial charge in [0.05, 0.1) is 0 Å². The molecule has 0 spiro atoms. The average molecular weight is 347 g/mol. The minimum absolute atomic E-state index is 0.0817. The smallest absolute Gasteiger partial charge is 0.312 e. The SMILES string of the molecule is Cn1cc(S(=O)(=O)Nc2c[nH]c(=O)[nH]c2=O)c(-c2ccccc2)n1. The average Bonchev–Trinajstić information content (AvgIpc) is 2.94. The number of aromatic nitrogens is 4. The van der Waals surface area contributed by atoms with Crippen LogP contribution in [0.25, 0.3) is 11.3 Å². The standard InChI is InChI=1S/C14H13N5O4S/c1-19-8-11(12(17-19)9-5-3-2-4-6-9)24(22,23)18-10-7-15-14(21)16-13(10)20/h2-8,18H,1H3,(H2,15,16,20,21). The zero-order valence-corrected chi connectivity index (χ0v) is 13.3. The van der Waals surface area contributed by atoms with Gasteiger partial charge in [-0.15, -0.1) is 0 Å². The van der Waals surface area contributed by atoms with E-state index in [2.05, 4.69) is 14.8 Å². The number of sulfonamides is 1. The monoisotopic (exact) mass is 347 g/mol. The summed E-state index contributed by atoms with van der Waals surface area (Å²) in [6.07, 6.45) is 2.34. The lowest BCUT2D eigenvalue weighted by molar-refractivity contribution is 0.601. The number of aromatic amines is 2. The molecule has 0 saturated carbocycles. The summed E-state index contributed by atoms with van der Waals surface area (Å²) in [7, 11) is -2.49. The van der Waals surface area contributed by atoms with Crippen LogP contribution in [-0.2, 0) is 17.1 Å². The van der Waals surface area contributed by atoms with E-state index in [4.69, 9.17) is 0 Å². The van der Waals surface area contributed by atoms with E-state index in [9.17, 15) is 18.0 Å². The molecule has 2 aromatic heterocycles. The predicted octanol–water partition coefficient (Wildman–Crippen LogP) is 0.264. The van der Waals surface area contributed by atoms with Gasteiger partial charge in [0.2, 0.25) is 0 Å². The first-order valence-electron chi connectivity index (χ1n) is 6.81. The van der Waals surface area contributed by atoms with E-state index in [1.165, 1.54) is 10.9 Å². The summed E-state index contributed by atoms with van der Waals surface area (Å²) in [5.74, 6) is 0. The summed E-state index contributed by atoms with van der Waals surface area (Å²) in [5, 5.41) is 4.18. The van der Waals surface area contributed by atoms with Crippen LogP contribution in [0.4, 0.5) is 5.69 Å². The molecule has 0 fully saturated rings. The Morgan fingerprint density at radius 3 is 2.54 bits per heavy atom. The number of rotatable bonds is 4. The normalized spacial score (nSPS) is 11.4. The van der Waals surface area contributed by atoms with Crippen molar-refractivity contribution in [2.45, 2.75) is 4.90 Å².